The molecule has 5 nitrogen and oxygen atoms in total. The minimum atomic E-state index is -0.366. The molecule has 1 atom stereocenters. The summed E-state index contributed by atoms with van der Waals surface area (Å²) in [5.74, 6) is 0.531. The van der Waals surface area contributed by atoms with Crippen LogP contribution in [0.25, 0.3) is 16.6 Å². The Bertz CT molecular complexity index is 1420. The van der Waals surface area contributed by atoms with Gasteiger partial charge in [-0.15, -0.1) is 0 Å². The van der Waals surface area contributed by atoms with Crippen molar-refractivity contribution in [1.82, 2.24) is 14.5 Å². The van der Waals surface area contributed by atoms with E-state index < -0.39 is 0 Å². The molecule has 1 amide bonds. The molecule has 0 spiro atoms. The molecule has 0 radical (unpaired) electrons. The number of para-hydroxylation sites is 1. The standard InChI is InChI=1S/C29H31N3O2/c1-6-25(31(7-2)28(33)22-13-9-8-12-20(22)4)27-30-24-15-11-10-14-23(24)29(34)32(27)26-17-16-19(3)18-21(26)5/h8-18,25H,6-7H2,1-5H3. The lowest BCUT2D eigenvalue weighted by Crippen LogP contribution is -2.38. The van der Waals surface area contributed by atoms with Gasteiger partial charge in [0.25, 0.3) is 11.5 Å². The normalized spacial score (nSPS) is 12.0. The summed E-state index contributed by atoms with van der Waals surface area (Å²) in [5, 5.41) is 0.564. The third-order valence-corrected chi connectivity index (χ3v) is 6.43. The second-order valence-electron chi connectivity index (χ2n) is 8.75. The summed E-state index contributed by atoms with van der Waals surface area (Å²) in [5.41, 5.74) is 5.03. The summed E-state index contributed by atoms with van der Waals surface area (Å²) < 4.78 is 1.71. The zero-order valence-corrected chi connectivity index (χ0v) is 20.5. The summed E-state index contributed by atoms with van der Waals surface area (Å²) >= 11 is 0. The molecule has 1 aromatic heterocycles. The molecule has 5 heteroatoms. The largest absolute Gasteiger partial charge is 0.329 e. The molecule has 174 valence electrons. The van der Waals surface area contributed by atoms with Gasteiger partial charge in [0.2, 0.25) is 0 Å². The van der Waals surface area contributed by atoms with Crippen LogP contribution in [0.4, 0.5) is 0 Å². The van der Waals surface area contributed by atoms with Crippen LogP contribution in [0.1, 0.15) is 59.2 Å². The average Bonchev–Trinajstić information content (AvgIpc) is 2.83. The van der Waals surface area contributed by atoms with E-state index in [4.69, 9.17) is 4.98 Å². The monoisotopic (exact) mass is 453 g/mol. The first-order valence-corrected chi connectivity index (χ1v) is 11.8. The molecule has 0 saturated heterocycles. The Morgan fingerprint density at radius 3 is 2.32 bits per heavy atom. The van der Waals surface area contributed by atoms with E-state index in [1.807, 2.05) is 100 Å². The van der Waals surface area contributed by atoms with Gasteiger partial charge in [0.15, 0.2) is 0 Å². The second-order valence-corrected chi connectivity index (χ2v) is 8.75. The number of carbonyl (C=O) groups excluding carboxylic acids is 1. The number of fused-ring (bicyclic) bond motifs is 1. The third kappa shape index (κ3) is 4.14. The van der Waals surface area contributed by atoms with E-state index in [1.54, 1.807) is 4.57 Å². The van der Waals surface area contributed by atoms with Gasteiger partial charge < -0.3 is 4.90 Å². The predicted octanol–water partition coefficient (Wildman–Crippen LogP) is 5.92. The maximum atomic E-state index is 13.8. The summed E-state index contributed by atoms with van der Waals surface area (Å²) in [7, 11) is 0. The number of benzene rings is 3. The molecule has 0 aliphatic heterocycles. The average molecular weight is 454 g/mol. The van der Waals surface area contributed by atoms with Crippen molar-refractivity contribution >= 4 is 16.8 Å². The van der Waals surface area contributed by atoms with Crippen molar-refractivity contribution in [1.29, 1.82) is 0 Å². The highest BCUT2D eigenvalue weighted by Crippen LogP contribution is 2.29. The first-order valence-electron chi connectivity index (χ1n) is 11.8. The predicted molar refractivity (Wildman–Crippen MR) is 138 cm³/mol. The summed E-state index contributed by atoms with van der Waals surface area (Å²) in [4.78, 5) is 34.3. The first-order chi connectivity index (χ1) is 16.4. The molecule has 3 aromatic carbocycles. The number of nitrogens with zero attached hydrogens (tertiary/aromatic N) is 3. The van der Waals surface area contributed by atoms with Gasteiger partial charge in [-0.3, -0.25) is 14.2 Å². The van der Waals surface area contributed by atoms with E-state index in [-0.39, 0.29) is 17.5 Å². The second kappa shape index (κ2) is 9.64. The number of rotatable bonds is 6. The van der Waals surface area contributed by atoms with E-state index in [2.05, 4.69) is 6.07 Å². The molecule has 0 aliphatic rings. The molecular weight excluding hydrogens is 422 g/mol. The molecule has 34 heavy (non-hydrogen) atoms. The van der Waals surface area contributed by atoms with Gasteiger partial charge in [0, 0.05) is 12.1 Å². The molecular formula is C29H31N3O2. The van der Waals surface area contributed by atoms with Crippen LogP contribution in [-0.4, -0.2) is 26.9 Å². The smallest absolute Gasteiger partial charge is 0.266 e. The Kier molecular flexibility index (Phi) is 6.64. The van der Waals surface area contributed by atoms with E-state index in [0.717, 1.165) is 22.4 Å². The molecule has 0 aliphatic carbocycles. The minimum Gasteiger partial charge on any atom is -0.329 e. The molecule has 0 saturated carbocycles. The third-order valence-electron chi connectivity index (χ3n) is 6.43. The Labute approximate surface area is 200 Å². The lowest BCUT2D eigenvalue weighted by atomic mass is 10.0. The fourth-order valence-electron chi connectivity index (χ4n) is 4.68. The van der Waals surface area contributed by atoms with Crippen LogP contribution in [0.2, 0.25) is 0 Å². The van der Waals surface area contributed by atoms with Crippen molar-refractivity contribution in [2.75, 3.05) is 6.54 Å². The maximum absolute atomic E-state index is 13.8. The molecule has 0 N–H and O–H groups in total. The van der Waals surface area contributed by atoms with Crippen LogP contribution in [-0.2, 0) is 0 Å². The zero-order valence-electron chi connectivity index (χ0n) is 20.5. The van der Waals surface area contributed by atoms with Crippen LogP contribution in [0.15, 0.2) is 71.5 Å². The van der Waals surface area contributed by atoms with E-state index >= 15 is 0 Å². The van der Waals surface area contributed by atoms with Gasteiger partial charge in [-0.25, -0.2) is 4.98 Å². The lowest BCUT2D eigenvalue weighted by molar-refractivity contribution is 0.0671. The van der Waals surface area contributed by atoms with Gasteiger partial charge in [-0.2, -0.15) is 0 Å². The molecule has 0 fully saturated rings. The highest BCUT2D eigenvalue weighted by atomic mass is 16.2. The van der Waals surface area contributed by atoms with Gasteiger partial charge in [0.05, 0.1) is 22.6 Å². The minimum absolute atomic E-state index is 0.0537. The molecule has 1 heterocycles. The number of hydrogen-bond acceptors (Lipinski definition) is 3. The number of hydrogen-bond donors (Lipinski definition) is 0. The molecule has 1 unspecified atom stereocenters. The lowest BCUT2D eigenvalue weighted by Gasteiger charge is -2.32. The van der Waals surface area contributed by atoms with E-state index in [9.17, 15) is 9.59 Å². The Hall–Kier alpha value is -3.73. The van der Waals surface area contributed by atoms with E-state index in [1.165, 1.54) is 0 Å². The Morgan fingerprint density at radius 2 is 1.65 bits per heavy atom. The fraction of sp³-hybridized carbons (Fsp3) is 0.276. The Morgan fingerprint density at radius 1 is 0.941 bits per heavy atom. The van der Waals surface area contributed by atoms with Crippen LogP contribution >= 0.6 is 0 Å². The van der Waals surface area contributed by atoms with Crippen molar-refractivity contribution < 1.29 is 4.79 Å². The van der Waals surface area contributed by atoms with Crippen molar-refractivity contribution in [3.63, 3.8) is 0 Å². The molecule has 4 rings (SSSR count). The topological polar surface area (TPSA) is 55.2 Å². The maximum Gasteiger partial charge on any atom is 0.266 e. The summed E-state index contributed by atoms with van der Waals surface area (Å²) in [6.45, 7) is 10.5. The summed E-state index contributed by atoms with van der Waals surface area (Å²) in [6.07, 6.45) is 0.626. The van der Waals surface area contributed by atoms with Crippen LogP contribution in [0.3, 0.4) is 0 Å². The number of carbonyl (C=O) groups is 1. The highest BCUT2D eigenvalue weighted by molar-refractivity contribution is 5.96. The van der Waals surface area contributed by atoms with Gasteiger partial charge >= 0.3 is 0 Å². The first kappa shape index (κ1) is 23.4. The fourth-order valence-corrected chi connectivity index (χ4v) is 4.68. The van der Waals surface area contributed by atoms with Gasteiger partial charge in [-0.1, -0.05) is 55.0 Å². The van der Waals surface area contributed by atoms with Crippen molar-refractivity contribution in [3.05, 3.63) is 105 Å². The van der Waals surface area contributed by atoms with Crippen LogP contribution < -0.4 is 5.56 Å². The molecule has 0 bridgehead atoms. The van der Waals surface area contributed by atoms with Crippen LogP contribution in [0, 0.1) is 20.8 Å². The van der Waals surface area contributed by atoms with Crippen LogP contribution in [0.5, 0.6) is 0 Å². The SMILES string of the molecule is CCC(c1nc2ccccc2c(=O)n1-c1ccc(C)cc1C)N(CC)C(=O)c1ccccc1C. The van der Waals surface area contributed by atoms with Crippen molar-refractivity contribution in [2.24, 2.45) is 0 Å². The quantitative estimate of drug-likeness (QED) is 0.364. The highest BCUT2D eigenvalue weighted by Gasteiger charge is 2.29. The van der Waals surface area contributed by atoms with Gasteiger partial charge in [-0.05, 0) is 69.5 Å². The zero-order chi connectivity index (χ0) is 24.4. The number of aromatic nitrogens is 2. The van der Waals surface area contributed by atoms with Crippen molar-refractivity contribution in [3.8, 4) is 5.69 Å². The number of amides is 1. The summed E-state index contributed by atoms with van der Waals surface area (Å²) in [6, 6.07) is 20.7. The number of aryl methyl sites for hydroxylation is 3. The van der Waals surface area contributed by atoms with E-state index in [0.29, 0.717) is 35.3 Å². The van der Waals surface area contributed by atoms with Crippen molar-refractivity contribution in [2.45, 2.75) is 47.1 Å². The Balaban J connectivity index is 1.98. The van der Waals surface area contributed by atoms with Gasteiger partial charge in [0.1, 0.15) is 5.82 Å². The molecule has 4 aromatic rings.